The molecule has 1 aliphatic rings. The molecule has 0 saturated carbocycles. The van der Waals surface area contributed by atoms with Crippen molar-refractivity contribution in [2.75, 3.05) is 26.3 Å². The van der Waals surface area contributed by atoms with Gasteiger partial charge < -0.3 is 14.4 Å². The number of hydrogen-bond donors (Lipinski definition) is 2. The maximum Gasteiger partial charge on any atom is 0.271 e. The van der Waals surface area contributed by atoms with Crippen LogP contribution in [0.25, 0.3) is 5.69 Å². The van der Waals surface area contributed by atoms with E-state index in [2.05, 4.69) is 10.5 Å². The van der Waals surface area contributed by atoms with Crippen molar-refractivity contribution in [3.05, 3.63) is 77.1 Å². The number of phenols is 1. The molecule has 34 heavy (non-hydrogen) atoms. The molecule has 1 saturated heterocycles. The summed E-state index contributed by atoms with van der Waals surface area (Å²) in [5.74, 6) is -0.319. The largest absolute Gasteiger partial charge is 0.508 e. The van der Waals surface area contributed by atoms with E-state index in [-0.39, 0.29) is 10.6 Å². The number of aromatic nitrogens is 1. The Balaban J connectivity index is 1.55. The highest BCUT2D eigenvalue weighted by Crippen LogP contribution is 2.24. The zero-order valence-electron chi connectivity index (χ0n) is 18.9. The number of benzene rings is 2. The number of ether oxygens (including phenoxy) is 1. The van der Waals surface area contributed by atoms with Crippen molar-refractivity contribution in [1.29, 1.82) is 0 Å². The number of nitrogens with one attached hydrogen (secondary N) is 1. The van der Waals surface area contributed by atoms with Crippen LogP contribution in [0, 0.1) is 13.8 Å². The molecule has 3 aromatic rings. The standard InChI is InChI=1S/C24H26N4O5S/c1-17-14-20(16-25-26-24(30)19-6-8-22(29)9-7-19)18(2)28(17)21-4-3-5-23(15-21)34(31,32)27-10-12-33-13-11-27/h3-9,14-16,29H,10-13H2,1-2H3,(H,26,30)/b25-16+. The quantitative estimate of drug-likeness (QED) is 0.414. The zero-order valence-corrected chi connectivity index (χ0v) is 19.7. The molecule has 0 radical (unpaired) electrons. The first-order chi connectivity index (χ1) is 16.3. The Morgan fingerprint density at radius 1 is 1.09 bits per heavy atom. The van der Waals surface area contributed by atoms with Crippen molar-refractivity contribution in [3.8, 4) is 11.4 Å². The van der Waals surface area contributed by atoms with Crippen LogP contribution in [0.4, 0.5) is 0 Å². The normalized spacial score (nSPS) is 15.0. The van der Waals surface area contributed by atoms with Crippen molar-refractivity contribution in [3.63, 3.8) is 0 Å². The number of hydrogen-bond acceptors (Lipinski definition) is 6. The minimum absolute atomic E-state index is 0.0781. The average molecular weight is 483 g/mol. The monoisotopic (exact) mass is 482 g/mol. The average Bonchev–Trinajstić information content (AvgIpc) is 3.12. The van der Waals surface area contributed by atoms with Gasteiger partial charge in [-0.1, -0.05) is 6.07 Å². The van der Waals surface area contributed by atoms with Crippen LogP contribution in [-0.2, 0) is 14.8 Å². The van der Waals surface area contributed by atoms with Gasteiger partial charge in [0.2, 0.25) is 10.0 Å². The van der Waals surface area contributed by atoms with Crippen molar-refractivity contribution in [2.24, 2.45) is 5.10 Å². The van der Waals surface area contributed by atoms with E-state index in [1.54, 1.807) is 24.4 Å². The summed E-state index contributed by atoms with van der Waals surface area (Å²) in [6, 6.07) is 14.6. The van der Waals surface area contributed by atoms with Crippen LogP contribution in [0.3, 0.4) is 0 Å². The molecule has 0 unspecified atom stereocenters. The Hall–Kier alpha value is -3.47. The minimum Gasteiger partial charge on any atom is -0.508 e. The molecule has 1 aromatic heterocycles. The van der Waals surface area contributed by atoms with E-state index in [0.29, 0.717) is 31.9 Å². The lowest BCUT2D eigenvalue weighted by atomic mass is 10.2. The zero-order chi connectivity index (χ0) is 24.3. The van der Waals surface area contributed by atoms with Gasteiger partial charge in [-0.25, -0.2) is 13.8 Å². The Bertz CT molecular complexity index is 1320. The number of nitrogens with zero attached hydrogens (tertiary/aromatic N) is 3. The molecule has 1 fully saturated rings. The van der Waals surface area contributed by atoms with Crippen LogP contribution < -0.4 is 5.43 Å². The van der Waals surface area contributed by atoms with Gasteiger partial charge in [-0.15, -0.1) is 0 Å². The molecule has 2 aromatic carbocycles. The first-order valence-corrected chi connectivity index (χ1v) is 12.2. The third-order valence-electron chi connectivity index (χ3n) is 5.65. The second-order valence-electron chi connectivity index (χ2n) is 7.92. The first-order valence-electron chi connectivity index (χ1n) is 10.8. The molecule has 4 rings (SSSR count). The van der Waals surface area contributed by atoms with E-state index >= 15 is 0 Å². The molecule has 1 amide bonds. The summed E-state index contributed by atoms with van der Waals surface area (Å²) in [4.78, 5) is 12.4. The van der Waals surface area contributed by atoms with Gasteiger partial charge in [0.15, 0.2) is 0 Å². The number of rotatable bonds is 6. The first kappa shape index (κ1) is 23.7. The highest BCUT2D eigenvalue weighted by molar-refractivity contribution is 7.89. The fourth-order valence-electron chi connectivity index (χ4n) is 3.87. The number of amides is 1. The maximum atomic E-state index is 13.1. The van der Waals surface area contributed by atoms with Gasteiger partial charge in [0.05, 0.1) is 24.3 Å². The summed E-state index contributed by atoms with van der Waals surface area (Å²) < 4.78 is 34.8. The Morgan fingerprint density at radius 2 is 1.79 bits per heavy atom. The van der Waals surface area contributed by atoms with Crippen LogP contribution in [0.1, 0.15) is 27.3 Å². The van der Waals surface area contributed by atoms with Crippen LogP contribution in [-0.4, -0.2) is 60.8 Å². The van der Waals surface area contributed by atoms with Crippen molar-refractivity contribution >= 4 is 22.1 Å². The van der Waals surface area contributed by atoms with Crippen LogP contribution in [0.5, 0.6) is 5.75 Å². The lowest BCUT2D eigenvalue weighted by molar-refractivity contribution is 0.0730. The van der Waals surface area contributed by atoms with Crippen molar-refractivity contribution in [2.45, 2.75) is 18.7 Å². The van der Waals surface area contributed by atoms with E-state index in [4.69, 9.17) is 4.74 Å². The summed E-state index contributed by atoms with van der Waals surface area (Å²) in [6.45, 7) is 5.28. The molecule has 0 spiro atoms. The van der Waals surface area contributed by atoms with Gasteiger partial charge in [-0.3, -0.25) is 4.79 Å². The lowest BCUT2D eigenvalue weighted by Gasteiger charge is -2.26. The molecule has 178 valence electrons. The summed E-state index contributed by atoms with van der Waals surface area (Å²) in [5, 5.41) is 13.4. The molecule has 0 atom stereocenters. The summed E-state index contributed by atoms with van der Waals surface area (Å²) in [6.07, 6.45) is 1.55. The number of carbonyl (C=O) groups excluding carboxylic acids is 1. The number of sulfonamides is 1. The second-order valence-corrected chi connectivity index (χ2v) is 9.86. The van der Waals surface area contributed by atoms with Gasteiger partial charge in [-0.2, -0.15) is 9.41 Å². The van der Waals surface area contributed by atoms with E-state index in [0.717, 1.165) is 22.6 Å². The summed E-state index contributed by atoms with van der Waals surface area (Å²) >= 11 is 0. The Labute approximate surface area is 198 Å². The van der Waals surface area contributed by atoms with Gasteiger partial charge in [0, 0.05) is 41.3 Å². The minimum atomic E-state index is -3.61. The molecule has 0 aliphatic carbocycles. The fourth-order valence-corrected chi connectivity index (χ4v) is 5.32. The van der Waals surface area contributed by atoms with E-state index < -0.39 is 15.9 Å². The lowest BCUT2D eigenvalue weighted by Crippen LogP contribution is -2.40. The van der Waals surface area contributed by atoms with Gasteiger partial charge in [-0.05, 0) is 62.4 Å². The molecule has 2 heterocycles. The number of hydrazone groups is 1. The molecule has 2 N–H and O–H groups in total. The molecule has 10 heteroatoms. The summed E-state index contributed by atoms with van der Waals surface area (Å²) in [7, 11) is -3.61. The number of aryl methyl sites for hydroxylation is 1. The molecular weight excluding hydrogens is 456 g/mol. The van der Waals surface area contributed by atoms with Crippen molar-refractivity contribution < 1.29 is 23.1 Å². The second kappa shape index (κ2) is 9.80. The van der Waals surface area contributed by atoms with Gasteiger partial charge >= 0.3 is 0 Å². The van der Waals surface area contributed by atoms with Crippen LogP contribution in [0.15, 0.2) is 64.6 Å². The SMILES string of the molecule is Cc1cc(/C=N/NC(=O)c2ccc(O)cc2)c(C)n1-c1cccc(S(=O)(=O)N2CCOCC2)c1. The van der Waals surface area contributed by atoms with E-state index in [1.807, 2.05) is 30.5 Å². The predicted octanol–water partition coefficient (Wildman–Crippen LogP) is 2.58. The molecule has 0 bridgehead atoms. The molecule has 1 aliphatic heterocycles. The van der Waals surface area contributed by atoms with E-state index in [9.17, 15) is 18.3 Å². The highest BCUT2D eigenvalue weighted by Gasteiger charge is 2.26. The van der Waals surface area contributed by atoms with Gasteiger partial charge in [0.1, 0.15) is 5.75 Å². The maximum absolute atomic E-state index is 13.1. The number of aromatic hydroxyl groups is 1. The molecule has 9 nitrogen and oxygen atoms in total. The van der Waals surface area contributed by atoms with Gasteiger partial charge in [0.25, 0.3) is 5.91 Å². The number of phenolic OH excluding ortho intramolecular Hbond substituents is 1. The third kappa shape index (κ3) is 4.89. The topological polar surface area (TPSA) is 113 Å². The predicted molar refractivity (Wildman–Crippen MR) is 128 cm³/mol. The number of carbonyl (C=O) groups is 1. The smallest absolute Gasteiger partial charge is 0.271 e. The van der Waals surface area contributed by atoms with Crippen LogP contribution >= 0.6 is 0 Å². The fraction of sp³-hybridized carbons (Fsp3) is 0.250. The van der Waals surface area contributed by atoms with Crippen LogP contribution in [0.2, 0.25) is 0 Å². The Kier molecular flexibility index (Phi) is 6.82. The van der Waals surface area contributed by atoms with E-state index in [1.165, 1.54) is 28.6 Å². The third-order valence-corrected chi connectivity index (χ3v) is 7.55. The van der Waals surface area contributed by atoms with Crippen molar-refractivity contribution in [1.82, 2.24) is 14.3 Å². The number of morpholine rings is 1. The Morgan fingerprint density at radius 3 is 2.50 bits per heavy atom. The highest BCUT2D eigenvalue weighted by atomic mass is 32.2. The summed E-state index contributed by atoms with van der Waals surface area (Å²) in [5.41, 5.74) is 6.09. The molecular formula is C24H26N4O5S.